The Morgan fingerprint density at radius 3 is 2.73 bits per heavy atom. The van der Waals surface area contributed by atoms with Crippen LogP contribution in [-0.2, 0) is 9.47 Å². The monoisotopic (exact) mass is 158 g/mol. The van der Waals surface area contributed by atoms with Crippen molar-refractivity contribution >= 4 is 0 Å². The quantitative estimate of drug-likeness (QED) is 0.581. The van der Waals surface area contributed by atoms with Gasteiger partial charge in [0.2, 0.25) is 0 Å². The zero-order valence-electron chi connectivity index (χ0n) is 7.34. The highest BCUT2D eigenvalue weighted by atomic mass is 16.5. The van der Waals surface area contributed by atoms with Gasteiger partial charge in [-0.3, -0.25) is 0 Å². The fourth-order valence-corrected chi connectivity index (χ4v) is 1.55. The van der Waals surface area contributed by atoms with Gasteiger partial charge in [-0.15, -0.1) is 0 Å². The minimum atomic E-state index is 0.902. The fraction of sp³-hybridized carbons (Fsp3) is 1.00. The van der Waals surface area contributed by atoms with Crippen molar-refractivity contribution in [3.63, 3.8) is 0 Å². The van der Waals surface area contributed by atoms with Crippen LogP contribution < -0.4 is 0 Å². The van der Waals surface area contributed by atoms with Gasteiger partial charge in [0.25, 0.3) is 0 Å². The fourth-order valence-electron chi connectivity index (χ4n) is 1.55. The van der Waals surface area contributed by atoms with E-state index >= 15 is 0 Å². The van der Waals surface area contributed by atoms with Crippen molar-refractivity contribution in [2.45, 2.75) is 25.7 Å². The molecule has 0 amide bonds. The molecule has 0 aliphatic carbocycles. The third-order valence-corrected chi connectivity index (χ3v) is 2.30. The van der Waals surface area contributed by atoms with Crippen LogP contribution in [0, 0.1) is 5.92 Å². The second kappa shape index (κ2) is 5.56. The Balaban J connectivity index is 1.96. The van der Waals surface area contributed by atoms with Gasteiger partial charge in [-0.2, -0.15) is 0 Å². The van der Waals surface area contributed by atoms with Gasteiger partial charge >= 0.3 is 0 Å². The summed E-state index contributed by atoms with van der Waals surface area (Å²) in [4.78, 5) is 0. The summed E-state index contributed by atoms with van der Waals surface area (Å²) in [6.07, 6.45) is 5.03. The maximum atomic E-state index is 5.27. The van der Waals surface area contributed by atoms with E-state index in [1.807, 2.05) is 0 Å². The van der Waals surface area contributed by atoms with Crippen LogP contribution in [0.3, 0.4) is 0 Å². The molecular weight excluding hydrogens is 140 g/mol. The molecule has 11 heavy (non-hydrogen) atoms. The first-order valence-electron chi connectivity index (χ1n) is 4.50. The molecule has 0 aromatic heterocycles. The van der Waals surface area contributed by atoms with Crippen LogP contribution >= 0.6 is 0 Å². The maximum Gasteiger partial charge on any atom is 0.0468 e. The van der Waals surface area contributed by atoms with Crippen molar-refractivity contribution in [2.24, 2.45) is 5.92 Å². The lowest BCUT2D eigenvalue weighted by atomic mass is 9.95. The van der Waals surface area contributed by atoms with Crippen LogP contribution in [0.15, 0.2) is 0 Å². The van der Waals surface area contributed by atoms with Crippen LogP contribution in [0.5, 0.6) is 0 Å². The lowest BCUT2D eigenvalue weighted by molar-refractivity contribution is 0.0604. The van der Waals surface area contributed by atoms with Gasteiger partial charge in [0, 0.05) is 26.9 Å². The molecule has 1 aliphatic heterocycles. The molecular formula is C9H18O2. The van der Waals surface area contributed by atoms with Gasteiger partial charge in [-0.25, -0.2) is 0 Å². The van der Waals surface area contributed by atoms with Crippen molar-refractivity contribution in [3.8, 4) is 0 Å². The molecule has 0 atom stereocenters. The zero-order valence-corrected chi connectivity index (χ0v) is 7.34. The van der Waals surface area contributed by atoms with Crippen molar-refractivity contribution in [2.75, 3.05) is 26.9 Å². The van der Waals surface area contributed by atoms with E-state index < -0.39 is 0 Å². The lowest BCUT2D eigenvalue weighted by Crippen LogP contribution is -2.15. The van der Waals surface area contributed by atoms with Crippen molar-refractivity contribution in [1.29, 1.82) is 0 Å². The molecule has 1 aliphatic rings. The highest BCUT2D eigenvalue weighted by Crippen LogP contribution is 2.19. The van der Waals surface area contributed by atoms with E-state index in [0.717, 1.165) is 25.7 Å². The lowest BCUT2D eigenvalue weighted by Gasteiger charge is -2.21. The Hall–Kier alpha value is -0.0800. The Bertz CT molecular complexity index is 87.6. The first-order valence-corrected chi connectivity index (χ1v) is 4.50. The largest absolute Gasteiger partial charge is 0.385 e. The van der Waals surface area contributed by atoms with Crippen LogP contribution in [0.25, 0.3) is 0 Å². The molecule has 0 aromatic rings. The maximum absolute atomic E-state index is 5.27. The van der Waals surface area contributed by atoms with Crippen LogP contribution in [-0.4, -0.2) is 26.9 Å². The summed E-state index contributed by atoms with van der Waals surface area (Å²) in [6.45, 7) is 2.85. The summed E-state index contributed by atoms with van der Waals surface area (Å²) in [5, 5.41) is 0. The van der Waals surface area contributed by atoms with Crippen LogP contribution in [0.1, 0.15) is 25.7 Å². The Morgan fingerprint density at radius 1 is 1.36 bits per heavy atom. The average Bonchev–Trinajstić information content (AvgIpc) is 2.07. The van der Waals surface area contributed by atoms with Gasteiger partial charge in [-0.05, 0) is 31.6 Å². The molecule has 0 radical (unpaired) electrons. The van der Waals surface area contributed by atoms with Gasteiger partial charge < -0.3 is 9.47 Å². The summed E-state index contributed by atoms with van der Waals surface area (Å²) >= 11 is 0. The first-order chi connectivity index (χ1) is 5.43. The summed E-state index contributed by atoms with van der Waals surface area (Å²) in [6, 6.07) is 0. The Morgan fingerprint density at radius 2 is 2.09 bits per heavy atom. The number of methoxy groups -OCH3 is 1. The highest BCUT2D eigenvalue weighted by Gasteiger charge is 2.12. The third kappa shape index (κ3) is 3.73. The van der Waals surface area contributed by atoms with E-state index in [2.05, 4.69) is 0 Å². The third-order valence-electron chi connectivity index (χ3n) is 2.30. The predicted octanol–water partition coefficient (Wildman–Crippen LogP) is 1.84. The summed E-state index contributed by atoms with van der Waals surface area (Å²) in [5.41, 5.74) is 0. The van der Waals surface area contributed by atoms with E-state index in [1.54, 1.807) is 7.11 Å². The molecule has 66 valence electrons. The molecule has 2 heteroatoms. The summed E-state index contributed by atoms with van der Waals surface area (Å²) < 4.78 is 10.3. The second-order valence-corrected chi connectivity index (χ2v) is 3.19. The molecule has 0 N–H and O–H groups in total. The smallest absolute Gasteiger partial charge is 0.0468 e. The van der Waals surface area contributed by atoms with E-state index in [4.69, 9.17) is 9.47 Å². The van der Waals surface area contributed by atoms with E-state index in [1.165, 1.54) is 25.7 Å². The number of hydrogen-bond donors (Lipinski definition) is 0. The summed E-state index contributed by atoms with van der Waals surface area (Å²) in [7, 11) is 1.77. The summed E-state index contributed by atoms with van der Waals surface area (Å²) in [5.74, 6) is 0.902. The Labute approximate surface area is 68.9 Å². The molecule has 0 spiro atoms. The van der Waals surface area contributed by atoms with Crippen molar-refractivity contribution in [3.05, 3.63) is 0 Å². The van der Waals surface area contributed by atoms with Crippen LogP contribution in [0.4, 0.5) is 0 Å². The van der Waals surface area contributed by atoms with Crippen molar-refractivity contribution in [1.82, 2.24) is 0 Å². The molecule has 1 heterocycles. The molecule has 0 aromatic carbocycles. The number of rotatable bonds is 4. The van der Waals surface area contributed by atoms with Gasteiger partial charge in [0.15, 0.2) is 0 Å². The molecule has 2 nitrogen and oxygen atoms in total. The molecule has 0 bridgehead atoms. The normalized spacial score (nSPS) is 20.5. The molecule has 1 rings (SSSR count). The van der Waals surface area contributed by atoms with Gasteiger partial charge in [0.1, 0.15) is 0 Å². The number of ether oxygens (including phenoxy) is 2. The molecule has 0 unspecified atom stereocenters. The number of hydrogen-bond acceptors (Lipinski definition) is 2. The van der Waals surface area contributed by atoms with E-state index in [9.17, 15) is 0 Å². The van der Waals surface area contributed by atoms with E-state index in [0.29, 0.717) is 0 Å². The first kappa shape index (κ1) is 9.01. The second-order valence-electron chi connectivity index (χ2n) is 3.19. The SMILES string of the molecule is COCCCC1CCOCC1. The van der Waals surface area contributed by atoms with Gasteiger partial charge in [0.05, 0.1) is 0 Å². The molecule has 0 saturated carbocycles. The highest BCUT2D eigenvalue weighted by molar-refractivity contribution is 4.62. The topological polar surface area (TPSA) is 18.5 Å². The minimum absolute atomic E-state index is 0.902. The van der Waals surface area contributed by atoms with Gasteiger partial charge in [-0.1, -0.05) is 0 Å². The van der Waals surface area contributed by atoms with Crippen LogP contribution in [0.2, 0.25) is 0 Å². The molecule has 1 saturated heterocycles. The average molecular weight is 158 g/mol. The molecule has 1 fully saturated rings. The zero-order chi connectivity index (χ0) is 7.94. The Kier molecular flexibility index (Phi) is 4.55. The van der Waals surface area contributed by atoms with E-state index in [-0.39, 0.29) is 0 Å². The van der Waals surface area contributed by atoms with Crippen molar-refractivity contribution < 1.29 is 9.47 Å². The predicted molar refractivity (Wildman–Crippen MR) is 44.7 cm³/mol. The standard InChI is InChI=1S/C9H18O2/c1-10-6-2-3-9-4-7-11-8-5-9/h9H,2-8H2,1H3. The minimum Gasteiger partial charge on any atom is -0.385 e.